The van der Waals surface area contributed by atoms with Gasteiger partial charge in [0.05, 0.1) is 10.7 Å². The molecule has 72 valence electrons. The quantitative estimate of drug-likeness (QED) is 0.854. The molecule has 3 nitrogen and oxygen atoms in total. The second-order valence-corrected chi connectivity index (χ2v) is 3.59. The first kappa shape index (κ1) is 9.21. The van der Waals surface area contributed by atoms with Gasteiger partial charge in [-0.3, -0.25) is 0 Å². The number of nitrogens with zero attached hydrogens (tertiary/aromatic N) is 1. The van der Waals surface area contributed by atoms with E-state index in [1.54, 1.807) is 12.1 Å². The summed E-state index contributed by atoms with van der Waals surface area (Å²) in [4.78, 5) is 0. The number of rotatable bonds is 1. The lowest BCUT2D eigenvalue weighted by Gasteiger charge is -1.99. The Morgan fingerprint density at radius 1 is 1.43 bits per heavy atom. The molecule has 2 rings (SSSR count). The molecule has 2 aromatic rings. The van der Waals surface area contributed by atoms with Crippen LogP contribution in [0.3, 0.4) is 0 Å². The van der Waals surface area contributed by atoms with Gasteiger partial charge in [-0.05, 0) is 34.1 Å². The summed E-state index contributed by atoms with van der Waals surface area (Å²) in [5, 5.41) is 3.54. The molecule has 0 spiro atoms. The summed E-state index contributed by atoms with van der Waals surface area (Å²) in [7, 11) is 0. The van der Waals surface area contributed by atoms with E-state index in [0.29, 0.717) is 21.5 Å². The van der Waals surface area contributed by atoms with Crippen LogP contribution in [-0.2, 0) is 0 Å². The Bertz CT molecular complexity index is 470. The highest BCUT2D eigenvalue weighted by Crippen LogP contribution is 2.28. The van der Waals surface area contributed by atoms with Crippen LogP contribution in [0.5, 0.6) is 0 Å². The van der Waals surface area contributed by atoms with E-state index >= 15 is 0 Å². The van der Waals surface area contributed by atoms with Crippen molar-refractivity contribution < 1.29 is 8.91 Å². The molecular weight excluding hydrogens is 251 g/mol. The zero-order chi connectivity index (χ0) is 10.1. The molecule has 0 amide bonds. The van der Waals surface area contributed by atoms with Gasteiger partial charge in [0.2, 0.25) is 0 Å². The van der Waals surface area contributed by atoms with Gasteiger partial charge in [-0.25, -0.2) is 4.39 Å². The van der Waals surface area contributed by atoms with E-state index in [4.69, 9.17) is 10.3 Å². The van der Waals surface area contributed by atoms with Gasteiger partial charge < -0.3 is 10.3 Å². The fourth-order valence-electron chi connectivity index (χ4n) is 1.10. The maximum atomic E-state index is 12.9. The maximum absolute atomic E-state index is 12.9. The minimum Gasteiger partial charge on any atom is -0.394 e. The lowest BCUT2D eigenvalue weighted by Crippen LogP contribution is -1.85. The second-order valence-electron chi connectivity index (χ2n) is 2.74. The second kappa shape index (κ2) is 3.42. The largest absolute Gasteiger partial charge is 0.394 e. The average Bonchev–Trinajstić information content (AvgIpc) is 2.57. The Labute approximate surface area is 87.8 Å². The number of benzene rings is 1. The molecule has 0 saturated heterocycles. The summed E-state index contributed by atoms with van der Waals surface area (Å²) in [6, 6.07) is 4.50. The van der Waals surface area contributed by atoms with Gasteiger partial charge in [0.1, 0.15) is 11.5 Å². The fourth-order valence-corrected chi connectivity index (χ4v) is 1.48. The highest BCUT2D eigenvalue weighted by atomic mass is 79.9. The topological polar surface area (TPSA) is 52.0 Å². The van der Waals surface area contributed by atoms with Gasteiger partial charge >= 0.3 is 0 Å². The number of hydrogen-bond donors (Lipinski definition) is 1. The third-order valence-corrected chi connectivity index (χ3v) is 2.39. The normalized spacial score (nSPS) is 10.4. The fraction of sp³-hybridized carbons (Fsp3) is 0. The van der Waals surface area contributed by atoms with Crippen molar-refractivity contribution in [2.45, 2.75) is 0 Å². The van der Waals surface area contributed by atoms with Gasteiger partial charge in [0.15, 0.2) is 5.76 Å². The minimum atomic E-state index is -0.327. The first-order valence-corrected chi connectivity index (χ1v) is 4.63. The standard InChI is InChI=1S/C9H6BrFN2O/c10-6-3-5(1-2-7(6)11)9-8(12)4-13-14-9/h1-4H,12H2. The molecular formula is C9H6BrFN2O. The Morgan fingerprint density at radius 2 is 2.21 bits per heavy atom. The molecule has 0 aliphatic rings. The summed E-state index contributed by atoms with van der Waals surface area (Å²) in [5.74, 6) is 0.123. The summed E-state index contributed by atoms with van der Waals surface area (Å²) in [6.07, 6.45) is 1.41. The van der Waals surface area contributed by atoms with Crippen LogP contribution in [0.25, 0.3) is 11.3 Å². The van der Waals surface area contributed by atoms with E-state index in [-0.39, 0.29) is 5.82 Å². The molecule has 0 bridgehead atoms. The molecule has 0 unspecified atom stereocenters. The van der Waals surface area contributed by atoms with Crippen molar-refractivity contribution in [2.75, 3.05) is 5.73 Å². The Hall–Kier alpha value is -1.36. The Balaban J connectivity index is 2.53. The Kier molecular flexibility index (Phi) is 2.25. The van der Waals surface area contributed by atoms with Gasteiger partial charge in [0.25, 0.3) is 0 Å². The monoisotopic (exact) mass is 256 g/mol. The summed E-state index contributed by atoms with van der Waals surface area (Å²) in [6.45, 7) is 0. The van der Waals surface area contributed by atoms with E-state index in [2.05, 4.69) is 21.1 Å². The van der Waals surface area contributed by atoms with E-state index in [1.807, 2.05) is 0 Å². The zero-order valence-electron chi connectivity index (χ0n) is 7.00. The van der Waals surface area contributed by atoms with Gasteiger partial charge in [-0.15, -0.1) is 0 Å². The highest BCUT2D eigenvalue weighted by Gasteiger charge is 2.09. The predicted molar refractivity (Wildman–Crippen MR) is 54.0 cm³/mol. The molecule has 5 heteroatoms. The zero-order valence-corrected chi connectivity index (χ0v) is 8.58. The number of anilines is 1. The number of nitrogen functional groups attached to an aromatic ring is 1. The lowest BCUT2D eigenvalue weighted by molar-refractivity contribution is 0.432. The number of aromatic nitrogens is 1. The van der Waals surface area contributed by atoms with E-state index < -0.39 is 0 Å². The molecule has 0 fully saturated rings. The van der Waals surface area contributed by atoms with Crippen molar-refractivity contribution in [2.24, 2.45) is 0 Å². The van der Waals surface area contributed by atoms with E-state index in [9.17, 15) is 4.39 Å². The van der Waals surface area contributed by atoms with Crippen molar-refractivity contribution >= 4 is 21.6 Å². The third-order valence-electron chi connectivity index (χ3n) is 1.78. The van der Waals surface area contributed by atoms with Crippen molar-refractivity contribution in [1.82, 2.24) is 5.16 Å². The van der Waals surface area contributed by atoms with Crippen LogP contribution in [0.2, 0.25) is 0 Å². The Morgan fingerprint density at radius 3 is 2.79 bits per heavy atom. The molecule has 14 heavy (non-hydrogen) atoms. The van der Waals surface area contributed by atoms with Crippen LogP contribution in [-0.4, -0.2) is 5.16 Å². The van der Waals surface area contributed by atoms with Gasteiger partial charge in [-0.2, -0.15) is 0 Å². The van der Waals surface area contributed by atoms with E-state index in [0.717, 1.165) is 0 Å². The molecule has 2 N–H and O–H groups in total. The van der Waals surface area contributed by atoms with Crippen molar-refractivity contribution in [3.63, 3.8) is 0 Å². The number of hydrogen-bond acceptors (Lipinski definition) is 3. The van der Waals surface area contributed by atoms with Crippen molar-refractivity contribution in [3.8, 4) is 11.3 Å². The number of halogens is 2. The van der Waals surface area contributed by atoms with Crippen molar-refractivity contribution in [1.29, 1.82) is 0 Å². The first-order chi connectivity index (χ1) is 6.68. The van der Waals surface area contributed by atoms with Crippen LogP contribution in [0.15, 0.2) is 33.4 Å². The summed E-state index contributed by atoms with van der Waals surface area (Å²) < 4.78 is 18.2. The van der Waals surface area contributed by atoms with Crippen LogP contribution < -0.4 is 5.73 Å². The average molecular weight is 257 g/mol. The van der Waals surface area contributed by atoms with Crippen LogP contribution in [0, 0.1) is 5.82 Å². The molecule has 0 radical (unpaired) electrons. The SMILES string of the molecule is Nc1cnoc1-c1ccc(F)c(Br)c1. The van der Waals surface area contributed by atoms with Crippen LogP contribution >= 0.6 is 15.9 Å². The third kappa shape index (κ3) is 1.50. The summed E-state index contributed by atoms with van der Waals surface area (Å²) >= 11 is 3.08. The summed E-state index contributed by atoms with van der Waals surface area (Å²) in [5.41, 5.74) is 6.72. The molecule has 1 aromatic heterocycles. The number of nitrogens with two attached hydrogens (primary N) is 1. The molecule has 1 aromatic carbocycles. The molecule has 1 heterocycles. The highest BCUT2D eigenvalue weighted by molar-refractivity contribution is 9.10. The molecule has 0 aliphatic carbocycles. The minimum absolute atomic E-state index is 0.327. The predicted octanol–water partition coefficient (Wildman–Crippen LogP) is 2.83. The molecule has 0 aliphatic heterocycles. The van der Waals surface area contributed by atoms with E-state index in [1.165, 1.54) is 12.3 Å². The molecule has 0 atom stereocenters. The van der Waals surface area contributed by atoms with Crippen LogP contribution in [0.1, 0.15) is 0 Å². The smallest absolute Gasteiger partial charge is 0.189 e. The van der Waals surface area contributed by atoms with Crippen LogP contribution in [0.4, 0.5) is 10.1 Å². The van der Waals surface area contributed by atoms with Gasteiger partial charge in [0, 0.05) is 5.56 Å². The van der Waals surface area contributed by atoms with Gasteiger partial charge in [-0.1, -0.05) is 5.16 Å². The van der Waals surface area contributed by atoms with Crippen molar-refractivity contribution in [3.05, 3.63) is 34.7 Å². The molecule has 0 saturated carbocycles. The first-order valence-electron chi connectivity index (χ1n) is 3.84. The maximum Gasteiger partial charge on any atom is 0.189 e. The lowest BCUT2D eigenvalue weighted by atomic mass is 10.1.